The molecule has 1 amide bonds. The lowest BCUT2D eigenvalue weighted by molar-refractivity contribution is 0.102. The van der Waals surface area contributed by atoms with Gasteiger partial charge in [-0.3, -0.25) is 9.52 Å². The second-order valence-electron chi connectivity index (χ2n) is 7.50. The molecule has 0 bridgehead atoms. The molecule has 0 saturated carbocycles. The summed E-state index contributed by atoms with van der Waals surface area (Å²) in [5, 5.41) is 3.37. The molecule has 0 spiro atoms. The molecule has 3 N–H and O–H groups in total. The van der Waals surface area contributed by atoms with Crippen molar-refractivity contribution >= 4 is 54.1 Å². The number of nitrogens with one attached hydrogen (secondary N) is 3. The van der Waals surface area contributed by atoms with Gasteiger partial charge in [-0.25, -0.2) is 17.2 Å². The number of carbonyl (C=O) groups excluding carboxylic acids is 1. The van der Waals surface area contributed by atoms with Crippen LogP contribution in [0.3, 0.4) is 0 Å². The summed E-state index contributed by atoms with van der Waals surface area (Å²) >= 11 is 3.35. The van der Waals surface area contributed by atoms with E-state index in [1.165, 1.54) is 19.2 Å². The quantitative estimate of drug-likeness (QED) is 0.295. The van der Waals surface area contributed by atoms with Crippen LogP contribution in [0.15, 0.2) is 59.1 Å². The van der Waals surface area contributed by atoms with Crippen LogP contribution in [-0.4, -0.2) is 32.7 Å². The van der Waals surface area contributed by atoms with Crippen molar-refractivity contribution in [2.75, 3.05) is 23.4 Å². The van der Waals surface area contributed by atoms with Crippen molar-refractivity contribution in [1.29, 1.82) is 0 Å². The van der Waals surface area contributed by atoms with Crippen LogP contribution in [0.25, 0.3) is 22.0 Å². The maximum atomic E-state index is 14.2. The topological polar surface area (TPSA) is 100 Å². The van der Waals surface area contributed by atoms with E-state index in [4.69, 9.17) is 4.74 Å². The molecule has 0 saturated heterocycles. The molecule has 0 aliphatic carbocycles. The summed E-state index contributed by atoms with van der Waals surface area (Å²) < 4.78 is 59.0. The fraction of sp³-hybridized carbons (Fsp3) is 0.0870. The Morgan fingerprint density at radius 3 is 2.50 bits per heavy atom. The van der Waals surface area contributed by atoms with Gasteiger partial charge in [0.2, 0.25) is 10.0 Å². The maximum Gasteiger partial charge on any atom is 0.272 e. The zero-order valence-corrected chi connectivity index (χ0v) is 20.3. The van der Waals surface area contributed by atoms with Crippen molar-refractivity contribution in [3.05, 3.63) is 76.4 Å². The highest BCUT2D eigenvalue weighted by Gasteiger charge is 2.16. The Morgan fingerprint density at radius 2 is 1.82 bits per heavy atom. The minimum atomic E-state index is -3.54. The smallest absolute Gasteiger partial charge is 0.272 e. The largest absolute Gasteiger partial charge is 0.495 e. The van der Waals surface area contributed by atoms with Gasteiger partial charge in [0.25, 0.3) is 5.91 Å². The molecule has 3 aromatic carbocycles. The van der Waals surface area contributed by atoms with Crippen molar-refractivity contribution in [2.45, 2.75) is 0 Å². The number of ether oxygens (including phenoxy) is 1. The van der Waals surface area contributed by atoms with Crippen LogP contribution in [-0.2, 0) is 10.0 Å². The number of fused-ring (bicyclic) bond motifs is 1. The first-order valence-corrected chi connectivity index (χ1v) is 12.5. The fourth-order valence-corrected chi connectivity index (χ4v) is 4.52. The first kappa shape index (κ1) is 23.7. The molecule has 11 heteroatoms. The van der Waals surface area contributed by atoms with Crippen molar-refractivity contribution in [3.8, 4) is 16.9 Å². The van der Waals surface area contributed by atoms with Crippen LogP contribution in [0, 0.1) is 11.6 Å². The van der Waals surface area contributed by atoms with E-state index < -0.39 is 27.6 Å². The van der Waals surface area contributed by atoms with Crippen LogP contribution < -0.4 is 14.8 Å². The average Bonchev–Trinajstić information content (AvgIpc) is 3.14. The molecule has 7 nitrogen and oxygen atoms in total. The summed E-state index contributed by atoms with van der Waals surface area (Å²) in [6.45, 7) is 0. The van der Waals surface area contributed by atoms with Crippen LogP contribution in [0.2, 0.25) is 0 Å². The van der Waals surface area contributed by atoms with Crippen molar-refractivity contribution < 1.29 is 26.7 Å². The lowest BCUT2D eigenvalue weighted by Crippen LogP contribution is -2.12. The van der Waals surface area contributed by atoms with Gasteiger partial charge in [-0.2, -0.15) is 0 Å². The number of hydrogen-bond donors (Lipinski definition) is 3. The Morgan fingerprint density at radius 1 is 1.06 bits per heavy atom. The number of hydrogen-bond acceptors (Lipinski definition) is 4. The summed E-state index contributed by atoms with van der Waals surface area (Å²) in [6, 6.07) is 12.9. The fourth-order valence-electron chi connectivity index (χ4n) is 3.47. The number of aromatic amines is 1. The van der Waals surface area contributed by atoms with Gasteiger partial charge in [-0.1, -0.05) is 15.9 Å². The van der Waals surface area contributed by atoms with Crippen LogP contribution >= 0.6 is 15.9 Å². The number of methoxy groups -OCH3 is 1. The number of rotatable bonds is 6. The Bertz CT molecular complexity index is 1540. The minimum absolute atomic E-state index is 0.182. The number of amides is 1. The van der Waals surface area contributed by atoms with Crippen molar-refractivity contribution in [1.82, 2.24) is 4.98 Å². The number of halogens is 3. The van der Waals surface area contributed by atoms with E-state index in [1.54, 1.807) is 30.3 Å². The van der Waals surface area contributed by atoms with Crippen molar-refractivity contribution in [2.24, 2.45) is 0 Å². The Hall–Kier alpha value is -3.44. The van der Waals surface area contributed by atoms with E-state index in [9.17, 15) is 22.0 Å². The third-order valence-electron chi connectivity index (χ3n) is 4.88. The number of aromatic nitrogens is 1. The van der Waals surface area contributed by atoms with Gasteiger partial charge >= 0.3 is 0 Å². The van der Waals surface area contributed by atoms with Gasteiger partial charge in [-0.15, -0.1) is 0 Å². The molecule has 0 aliphatic rings. The van der Waals surface area contributed by atoms with Gasteiger partial charge in [0, 0.05) is 32.7 Å². The molecule has 0 atom stereocenters. The third-order valence-corrected chi connectivity index (χ3v) is 5.93. The van der Waals surface area contributed by atoms with E-state index >= 15 is 0 Å². The first-order valence-electron chi connectivity index (χ1n) is 9.78. The van der Waals surface area contributed by atoms with Crippen LogP contribution in [0.1, 0.15) is 10.5 Å². The van der Waals surface area contributed by atoms with Gasteiger partial charge < -0.3 is 15.0 Å². The predicted molar refractivity (Wildman–Crippen MR) is 131 cm³/mol. The first-order chi connectivity index (χ1) is 16.0. The average molecular weight is 550 g/mol. The summed E-state index contributed by atoms with van der Waals surface area (Å²) in [7, 11) is -2.13. The molecule has 0 radical (unpaired) electrons. The number of anilines is 2. The number of benzene rings is 3. The van der Waals surface area contributed by atoms with E-state index in [0.29, 0.717) is 32.4 Å². The molecule has 4 aromatic rings. The van der Waals surface area contributed by atoms with Gasteiger partial charge in [0.05, 0.1) is 19.1 Å². The predicted octanol–water partition coefficient (Wildman–Crippen LogP) is 5.51. The lowest BCUT2D eigenvalue weighted by Gasteiger charge is -2.10. The second kappa shape index (κ2) is 9.07. The minimum Gasteiger partial charge on any atom is -0.495 e. The lowest BCUT2D eigenvalue weighted by atomic mass is 10.0. The molecule has 1 aromatic heterocycles. The van der Waals surface area contributed by atoms with E-state index in [-0.39, 0.29) is 16.9 Å². The Labute approximate surface area is 202 Å². The zero-order valence-electron chi connectivity index (χ0n) is 17.9. The number of H-pyrrole nitrogens is 1. The standard InChI is InChI=1S/C23H18BrF2N3O4S/c1-33-22-8-13-7-21(28-19(13)11-20(22)29-34(2,31)32)23(30)27-16-6-12(5-14(24)9-16)17-4-3-15(25)10-18(17)26/h3-11,28-29H,1-2H3,(H,27,30). The highest BCUT2D eigenvalue weighted by atomic mass is 79.9. The van der Waals surface area contributed by atoms with E-state index in [0.717, 1.165) is 18.4 Å². The molecular formula is C23H18BrF2N3O4S. The van der Waals surface area contributed by atoms with Gasteiger partial charge in [-0.05, 0) is 54.1 Å². The SMILES string of the molecule is COc1cc2cc(C(=O)Nc3cc(Br)cc(-c4ccc(F)cc4F)c3)[nH]c2cc1NS(C)(=O)=O. The maximum absolute atomic E-state index is 14.2. The summed E-state index contributed by atoms with van der Waals surface area (Å²) in [4.78, 5) is 15.9. The third kappa shape index (κ3) is 5.20. The summed E-state index contributed by atoms with van der Waals surface area (Å²) in [6.07, 6.45) is 1.02. The zero-order chi connectivity index (χ0) is 24.6. The molecule has 1 heterocycles. The summed E-state index contributed by atoms with van der Waals surface area (Å²) in [5.74, 6) is -1.59. The second-order valence-corrected chi connectivity index (χ2v) is 10.2. The Kier molecular flexibility index (Phi) is 6.32. The highest BCUT2D eigenvalue weighted by Crippen LogP contribution is 2.32. The van der Waals surface area contributed by atoms with E-state index in [2.05, 4.69) is 31.0 Å². The van der Waals surface area contributed by atoms with Crippen molar-refractivity contribution in [3.63, 3.8) is 0 Å². The Balaban J connectivity index is 1.65. The molecule has 0 aliphatic heterocycles. The highest BCUT2D eigenvalue weighted by molar-refractivity contribution is 9.10. The molecular weight excluding hydrogens is 532 g/mol. The monoisotopic (exact) mass is 549 g/mol. The number of carbonyl (C=O) groups is 1. The van der Waals surface area contributed by atoms with Crippen LogP contribution in [0.5, 0.6) is 5.75 Å². The number of sulfonamides is 1. The summed E-state index contributed by atoms with van der Waals surface area (Å²) in [5.41, 5.74) is 1.96. The molecule has 0 fully saturated rings. The van der Waals surface area contributed by atoms with E-state index in [1.807, 2.05) is 0 Å². The van der Waals surface area contributed by atoms with Crippen LogP contribution in [0.4, 0.5) is 20.2 Å². The molecule has 176 valence electrons. The molecule has 4 rings (SSSR count). The van der Waals surface area contributed by atoms with Gasteiger partial charge in [0.1, 0.15) is 23.1 Å². The molecule has 0 unspecified atom stereocenters. The molecule has 34 heavy (non-hydrogen) atoms. The normalized spacial score (nSPS) is 11.4. The van der Waals surface area contributed by atoms with Gasteiger partial charge in [0.15, 0.2) is 0 Å².